The molecule has 0 spiro atoms. The number of benzene rings is 2. The van der Waals surface area contributed by atoms with Crippen molar-refractivity contribution in [2.45, 2.75) is 17.5 Å². The van der Waals surface area contributed by atoms with E-state index in [1.165, 1.54) is 24.3 Å². The number of hydrogen-bond donors (Lipinski definition) is 3. The molecule has 0 aromatic heterocycles. The molecule has 2 aromatic rings. The summed E-state index contributed by atoms with van der Waals surface area (Å²) in [5.41, 5.74) is 0.864. The normalized spacial score (nSPS) is 12.6. The highest BCUT2D eigenvalue weighted by molar-refractivity contribution is 7.89. The van der Waals surface area contributed by atoms with Gasteiger partial charge in [-0.1, -0.05) is 41.9 Å². The first-order valence-electron chi connectivity index (χ1n) is 7.13. The van der Waals surface area contributed by atoms with E-state index in [1.54, 1.807) is 0 Å². The summed E-state index contributed by atoms with van der Waals surface area (Å²) in [7, 11) is -3.95. The lowest BCUT2D eigenvalue weighted by Gasteiger charge is -2.16. The molecule has 0 aliphatic heterocycles. The van der Waals surface area contributed by atoms with Crippen LogP contribution >= 0.6 is 11.6 Å². The van der Waals surface area contributed by atoms with E-state index in [2.05, 4.69) is 10.0 Å². The maximum Gasteiger partial charge on any atom is 0.241 e. The van der Waals surface area contributed by atoms with Crippen molar-refractivity contribution in [3.05, 3.63) is 65.2 Å². The highest BCUT2D eigenvalue weighted by Crippen LogP contribution is 2.14. The van der Waals surface area contributed by atoms with Gasteiger partial charge in [0, 0.05) is 11.6 Å². The Morgan fingerprint density at radius 3 is 2.29 bits per heavy atom. The van der Waals surface area contributed by atoms with Crippen molar-refractivity contribution in [1.82, 2.24) is 10.0 Å². The number of rotatable bonds is 7. The Labute approximate surface area is 145 Å². The molecular formula is C16H17ClN2O4S. The number of aliphatic hydroxyl groups is 1. The standard InChI is InChI=1S/C16H17ClN2O4S/c17-13-6-8-14(9-7-13)24(22,23)19-15(11-20)16(21)18-10-12-4-2-1-3-5-12/h1-9,15,19-20H,10-11H2,(H,18,21)/t15-/m0/s1. The molecule has 24 heavy (non-hydrogen) atoms. The average molecular weight is 369 g/mol. The zero-order chi connectivity index (χ0) is 17.6. The van der Waals surface area contributed by atoms with E-state index in [0.717, 1.165) is 5.56 Å². The molecule has 0 aliphatic carbocycles. The molecular weight excluding hydrogens is 352 g/mol. The topological polar surface area (TPSA) is 95.5 Å². The van der Waals surface area contributed by atoms with Crippen molar-refractivity contribution in [2.75, 3.05) is 6.61 Å². The van der Waals surface area contributed by atoms with Gasteiger partial charge < -0.3 is 10.4 Å². The minimum absolute atomic E-state index is 0.0405. The average Bonchev–Trinajstić information content (AvgIpc) is 2.59. The van der Waals surface area contributed by atoms with Crippen LogP contribution in [0.4, 0.5) is 0 Å². The maximum atomic E-state index is 12.2. The molecule has 1 amide bonds. The van der Waals surface area contributed by atoms with E-state index in [4.69, 9.17) is 11.6 Å². The Kier molecular flexibility index (Phi) is 6.33. The summed E-state index contributed by atoms with van der Waals surface area (Å²) in [6, 6.07) is 13.4. The molecule has 3 N–H and O–H groups in total. The Hall–Kier alpha value is -1.93. The lowest BCUT2D eigenvalue weighted by Crippen LogP contribution is -2.48. The van der Waals surface area contributed by atoms with Crippen molar-refractivity contribution in [2.24, 2.45) is 0 Å². The van der Waals surface area contributed by atoms with Crippen molar-refractivity contribution < 1.29 is 18.3 Å². The molecule has 1 atom stereocenters. The first-order valence-corrected chi connectivity index (χ1v) is 8.99. The number of amides is 1. The lowest BCUT2D eigenvalue weighted by atomic mass is 10.2. The number of hydrogen-bond acceptors (Lipinski definition) is 4. The Balaban J connectivity index is 2.02. The van der Waals surface area contributed by atoms with Crippen LogP contribution in [0.2, 0.25) is 5.02 Å². The van der Waals surface area contributed by atoms with E-state index in [0.29, 0.717) is 5.02 Å². The van der Waals surface area contributed by atoms with Crippen molar-refractivity contribution in [3.63, 3.8) is 0 Å². The van der Waals surface area contributed by atoms with Crippen LogP contribution in [0.15, 0.2) is 59.5 Å². The quantitative estimate of drug-likeness (QED) is 0.686. The predicted molar refractivity (Wildman–Crippen MR) is 90.9 cm³/mol. The van der Waals surface area contributed by atoms with Crippen LogP contribution in [0.1, 0.15) is 5.56 Å². The summed E-state index contributed by atoms with van der Waals surface area (Å²) in [6.07, 6.45) is 0. The molecule has 0 fully saturated rings. The minimum Gasteiger partial charge on any atom is -0.394 e. The molecule has 0 radical (unpaired) electrons. The third-order valence-corrected chi connectivity index (χ3v) is 4.97. The molecule has 0 unspecified atom stereocenters. The first kappa shape index (κ1) is 18.4. The van der Waals surface area contributed by atoms with Crippen LogP contribution in [0, 0.1) is 0 Å². The number of carbonyl (C=O) groups excluding carboxylic acids is 1. The third kappa shape index (κ3) is 5.04. The van der Waals surface area contributed by atoms with Crippen molar-refractivity contribution >= 4 is 27.5 Å². The Morgan fingerprint density at radius 2 is 1.71 bits per heavy atom. The largest absolute Gasteiger partial charge is 0.394 e. The Morgan fingerprint density at radius 1 is 1.08 bits per heavy atom. The third-order valence-electron chi connectivity index (χ3n) is 3.23. The summed E-state index contributed by atoms with van der Waals surface area (Å²) in [5.74, 6) is -0.612. The Bertz CT molecular complexity index is 779. The number of halogens is 1. The SMILES string of the molecule is O=C(NCc1ccccc1)[C@H](CO)NS(=O)(=O)c1ccc(Cl)cc1. The zero-order valence-corrected chi connectivity index (χ0v) is 14.2. The van der Waals surface area contributed by atoms with E-state index >= 15 is 0 Å². The van der Waals surface area contributed by atoms with Crippen LogP contribution in [0.25, 0.3) is 0 Å². The van der Waals surface area contributed by atoms with Gasteiger partial charge in [-0.25, -0.2) is 8.42 Å². The molecule has 0 heterocycles. The minimum atomic E-state index is -3.95. The van der Waals surface area contributed by atoms with E-state index in [1.807, 2.05) is 30.3 Å². The van der Waals surface area contributed by atoms with Crippen LogP contribution in [0.3, 0.4) is 0 Å². The second-order valence-electron chi connectivity index (χ2n) is 5.01. The second kappa shape index (κ2) is 8.25. The highest BCUT2D eigenvalue weighted by atomic mass is 35.5. The van der Waals surface area contributed by atoms with Gasteiger partial charge in [-0.05, 0) is 29.8 Å². The van der Waals surface area contributed by atoms with Gasteiger partial charge in [0.1, 0.15) is 6.04 Å². The van der Waals surface area contributed by atoms with Gasteiger partial charge in [-0.15, -0.1) is 0 Å². The van der Waals surface area contributed by atoms with Crippen LogP contribution in [-0.2, 0) is 21.4 Å². The van der Waals surface area contributed by atoms with Crippen molar-refractivity contribution in [3.8, 4) is 0 Å². The van der Waals surface area contributed by atoms with Crippen LogP contribution in [0.5, 0.6) is 0 Å². The van der Waals surface area contributed by atoms with Crippen molar-refractivity contribution in [1.29, 1.82) is 0 Å². The fourth-order valence-electron chi connectivity index (χ4n) is 1.95. The molecule has 0 bridgehead atoms. The van der Waals surface area contributed by atoms with Crippen LogP contribution in [-0.4, -0.2) is 32.1 Å². The zero-order valence-electron chi connectivity index (χ0n) is 12.6. The lowest BCUT2D eigenvalue weighted by molar-refractivity contribution is -0.123. The summed E-state index contributed by atoms with van der Waals surface area (Å²) >= 11 is 5.73. The van der Waals surface area contributed by atoms with Gasteiger partial charge >= 0.3 is 0 Å². The van der Waals surface area contributed by atoms with Gasteiger partial charge in [-0.2, -0.15) is 4.72 Å². The van der Waals surface area contributed by atoms with Gasteiger partial charge in [0.15, 0.2) is 0 Å². The fourth-order valence-corrected chi connectivity index (χ4v) is 3.26. The molecule has 2 aromatic carbocycles. The summed E-state index contributed by atoms with van der Waals surface area (Å²) in [5, 5.41) is 12.3. The van der Waals surface area contributed by atoms with E-state index in [-0.39, 0.29) is 11.4 Å². The number of nitrogens with one attached hydrogen (secondary N) is 2. The van der Waals surface area contributed by atoms with Gasteiger partial charge in [0.25, 0.3) is 0 Å². The van der Waals surface area contributed by atoms with E-state index in [9.17, 15) is 18.3 Å². The molecule has 8 heteroatoms. The monoisotopic (exact) mass is 368 g/mol. The van der Waals surface area contributed by atoms with Gasteiger partial charge in [0.05, 0.1) is 11.5 Å². The molecule has 0 saturated carbocycles. The number of aliphatic hydroxyl groups excluding tert-OH is 1. The summed E-state index contributed by atoms with van der Waals surface area (Å²) in [6.45, 7) is -0.424. The summed E-state index contributed by atoms with van der Waals surface area (Å²) in [4.78, 5) is 12.1. The molecule has 128 valence electrons. The van der Waals surface area contributed by atoms with Gasteiger partial charge in [-0.3, -0.25) is 4.79 Å². The van der Waals surface area contributed by atoms with Crippen LogP contribution < -0.4 is 10.0 Å². The smallest absolute Gasteiger partial charge is 0.241 e. The first-order chi connectivity index (χ1) is 11.4. The highest BCUT2D eigenvalue weighted by Gasteiger charge is 2.24. The second-order valence-corrected chi connectivity index (χ2v) is 7.16. The molecule has 6 nitrogen and oxygen atoms in total. The predicted octanol–water partition coefficient (Wildman–Crippen LogP) is 1.30. The van der Waals surface area contributed by atoms with E-state index < -0.39 is 28.6 Å². The molecule has 2 rings (SSSR count). The fraction of sp³-hybridized carbons (Fsp3) is 0.188. The summed E-state index contributed by atoms with van der Waals surface area (Å²) < 4.78 is 26.7. The number of carbonyl (C=O) groups is 1. The molecule has 0 aliphatic rings. The number of sulfonamides is 1. The van der Waals surface area contributed by atoms with Gasteiger partial charge in [0.2, 0.25) is 15.9 Å². The molecule has 0 saturated heterocycles. The maximum absolute atomic E-state index is 12.2.